The van der Waals surface area contributed by atoms with Gasteiger partial charge >= 0.3 is 0 Å². The molecule has 0 aliphatic carbocycles. The molecule has 1 spiro atoms. The summed E-state index contributed by atoms with van der Waals surface area (Å²) in [6.45, 7) is 9.51. The molecule has 0 saturated carbocycles. The smallest absolute Gasteiger partial charge is 0.270 e. The zero-order valence-electron chi connectivity index (χ0n) is 14.7. The topological polar surface area (TPSA) is 76.6 Å². The van der Waals surface area contributed by atoms with Crippen LogP contribution in [0.25, 0.3) is 0 Å². The highest BCUT2D eigenvalue weighted by Gasteiger charge is 2.40. The first-order valence-electron chi connectivity index (χ1n) is 8.64. The molecule has 7 nitrogen and oxygen atoms in total. The van der Waals surface area contributed by atoms with E-state index in [4.69, 9.17) is 9.47 Å². The number of hydrogen-bond acceptors (Lipinski definition) is 6. The fraction of sp³-hybridized carbons (Fsp3) is 0.706. The molecule has 0 bridgehead atoms. The Balaban J connectivity index is 1.69. The van der Waals surface area contributed by atoms with Crippen LogP contribution in [0.4, 0.5) is 5.95 Å². The first-order valence-corrected chi connectivity index (χ1v) is 8.64. The van der Waals surface area contributed by atoms with E-state index in [2.05, 4.69) is 34.0 Å². The van der Waals surface area contributed by atoms with Crippen molar-refractivity contribution < 1.29 is 14.3 Å². The van der Waals surface area contributed by atoms with Crippen LogP contribution in [-0.4, -0.2) is 54.5 Å². The Labute approximate surface area is 142 Å². The van der Waals surface area contributed by atoms with E-state index in [0.717, 1.165) is 31.6 Å². The number of amides is 1. The number of nitrogens with one attached hydrogen (secondary N) is 1. The highest BCUT2D eigenvalue weighted by molar-refractivity contribution is 5.92. The number of anilines is 1. The van der Waals surface area contributed by atoms with Crippen molar-refractivity contribution in [2.24, 2.45) is 5.92 Å². The monoisotopic (exact) mass is 334 g/mol. The van der Waals surface area contributed by atoms with Crippen molar-refractivity contribution in [1.29, 1.82) is 0 Å². The summed E-state index contributed by atoms with van der Waals surface area (Å²) in [4.78, 5) is 23.4. The van der Waals surface area contributed by atoms with Crippen LogP contribution in [0.15, 0.2) is 6.07 Å². The minimum Gasteiger partial charge on any atom is -0.350 e. The number of nitrogens with zero attached hydrogens (tertiary/aromatic N) is 3. The van der Waals surface area contributed by atoms with Crippen LogP contribution in [0, 0.1) is 12.8 Å². The van der Waals surface area contributed by atoms with E-state index in [9.17, 15) is 4.79 Å². The van der Waals surface area contributed by atoms with Crippen molar-refractivity contribution in [2.45, 2.75) is 39.4 Å². The lowest BCUT2D eigenvalue weighted by molar-refractivity contribution is -0.169. The van der Waals surface area contributed by atoms with Gasteiger partial charge in [-0.2, -0.15) is 0 Å². The molecule has 3 rings (SSSR count). The van der Waals surface area contributed by atoms with Gasteiger partial charge in [-0.25, -0.2) is 9.97 Å². The van der Waals surface area contributed by atoms with E-state index in [-0.39, 0.29) is 5.91 Å². The van der Waals surface area contributed by atoms with Crippen molar-refractivity contribution >= 4 is 11.9 Å². The summed E-state index contributed by atoms with van der Waals surface area (Å²) in [6.07, 6.45) is 1.58. The van der Waals surface area contributed by atoms with E-state index in [1.165, 1.54) is 0 Å². The average molecular weight is 334 g/mol. The zero-order chi connectivity index (χ0) is 17.2. The molecule has 1 amide bonds. The van der Waals surface area contributed by atoms with Crippen LogP contribution >= 0.6 is 0 Å². The zero-order valence-corrected chi connectivity index (χ0v) is 14.7. The minimum atomic E-state index is -0.419. The second-order valence-corrected chi connectivity index (χ2v) is 6.89. The van der Waals surface area contributed by atoms with Gasteiger partial charge in [-0.1, -0.05) is 13.8 Å². The Morgan fingerprint density at radius 1 is 1.29 bits per heavy atom. The van der Waals surface area contributed by atoms with Gasteiger partial charge in [0.25, 0.3) is 5.91 Å². The van der Waals surface area contributed by atoms with Gasteiger partial charge in [0.05, 0.1) is 13.2 Å². The summed E-state index contributed by atoms with van der Waals surface area (Å²) in [7, 11) is 0. The molecule has 0 radical (unpaired) electrons. The van der Waals surface area contributed by atoms with E-state index in [0.29, 0.717) is 37.3 Å². The predicted molar refractivity (Wildman–Crippen MR) is 90.0 cm³/mol. The molecular weight excluding hydrogens is 308 g/mol. The van der Waals surface area contributed by atoms with Gasteiger partial charge in [0.15, 0.2) is 5.79 Å². The van der Waals surface area contributed by atoms with Crippen LogP contribution in [0.1, 0.15) is 42.9 Å². The standard InChI is InChI=1S/C17H26N4O3/c1-12(2)11-18-15(22)14-10-13(3)19-16(20-14)21-6-4-17(5-7-21)23-8-9-24-17/h10,12H,4-9,11H2,1-3H3,(H,18,22). The summed E-state index contributed by atoms with van der Waals surface area (Å²) in [6, 6.07) is 1.73. The summed E-state index contributed by atoms with van der Waals surface area (Å²) in [5, 5.41) is 2.91. The molecule has 3 heterocycles. The van der Waals surface area contributed by atoms with Crippen molar-refractivity contribution in [3.63, 3.8) is 0 Å². The van der Waals surface area contributed by atoms with Crippen molar-refractivity contribution in [3.8, 4) is 0 Å². The Hall–Kier alpha value is -1.73. The molecule has 0 unspecified atom stereocenters. The fourth-order valence-corrected chi connectivity index (χ4v) is 3.03. The summed E-state index contributed by atoms with van der Waals surface area (Å²) < 4.78 is 11.5. The Morgan fingerprint density at radius 3 is 2.58 bits per heavy atom. The summed E-state index contributed by atoms with van der Waals surface area (Å²) in [5.74, 6) is 0.447. The third-order valence-corrected chi connectivity index (χ3v) is 4.37. The number of hydrogen-bond donors (Lipinski definition) is 1. The molecule has 1 aromatic rings. The van der Waals surface area contributed by atoms with Gasteiger partial charge in [0, 0.05) is 38.2 Å². The van der Waals surface area contributed by atoms with Crippen molar-refractivity contribution in [3.05, 3.63) is 17.5 Å². The molecule has 2 aliphatic rings. The van der Waals surface area contributed by atoms with Gasteiger partial charge < -0.3 is 19.7 Å². The summed E-state index contributed by atoms with van der Waals surface area (Å²) >= 11 is 0. The van der Waals surface area contributed by atoms with Crippen LogP contribution in [-0.2, 0) is 9.47 Å². The van der Waals surface area contributed by atoms with E-state index >= 15 is 0 Å². The SMILES string of the molecule is Cc1cc(C(=O)NCC(C)C)nc(N2CCC3(CC2)OCCO3)n1. The molecule has 7 heteroatoms. The Kier molecular flexibility index (Phi) is 5.01. The Bertz CT molecular complexity index is 589. The van der Waals surface area contributed by atoms with Crippen LogP contribution < -0.4 is 10.2 Å². The number of carbonyl (C=O) groups is 1. The third kappa shape index (κ3) is 3.84. The lowest BCUT2D eigenvalue weighted by Crippen LogP contribution is -2.46. The molecule has 0 aromatic carbocycles. The maximum Gasteiger partial charge on any atom is 0.270 e. The normalized spacial score (nSPS) is 19.9. The van der Waals surface area contributed by atoms with Gasteiger partial charge in [-0.15, -0.1) is 0 Å². The second kappa shape index (κ2) is 7.03. The van der Waals surface area contributed by atoms with E-state index in [1.54, 1.807) is 6.07 Å². The van der Waals surface area contributed by atoms with Gasteiger partial charge in [-0.05, 0) is 18.9 Å². The number of aromatic nitrogens is 2. The first-order chi connectivity index (χ1) is 11.5. The lowest BCUT2D eigenvalue weighted by Gasteiger charge is -2.37. The molecule has 2 saturated heterocycles. The molecule has 1 N–H and O–H groups in total. The minimum absolute atomic E-state index is 0.147. The number of carbonyl (C=O) groups excluding carboxylic acids is 1. The van der Waals surface area contributed by atoms with Crippen molar-refractivity contribution in [1.82, 2.24) is 15.3 Å². The fourth-order valence-electron chi connectivity index (χ4n) is 3.03. The largest absolute Gasteiger partial charge is 0.350 e. The quantitative estimate of drug-likeness (QED) is 0.899. The second-order valence-electron chi connectivity index (χ2n) is 6.89. The molecule has 1 aromatic heterocycles. The van der Waals surface area contributed by atoms with Crippen LogP contribution in [0.5, 0.6) is 0 Å². The highest BCUT2D eigenvalue weighted by atomic mass is 16.7. The molecular formula is C17H26N4O3. The molecule has 24 heavy (non-hydrogen) atoms. The highest BCUT2D eigenvalue weighted by Crippen LogP contribution is 2.32. The maximum atomic E-state index is 12.3. The maximum absolute atomic E-state index is 12.3. The van der Waals surface area contributed by atoms with E-state index in [1.807, 2.05) is 6.92 Å². The Morgan fingerprint density at radius 2 is 1.96 bits per heavy atom. The predicted octanol–water partition coefficient (Wildman–Crippen LogP) is 1.51. The van der Waals surface area contributed by atoms with Gasteiger partial charge in [0.1, 0.15) is 5.69 Å². The number of ether oxygens (including phenoxy) is 2. The van der Waals surface area contributed by atoms with Gasteiger partial charge in [-0.3, -0.25) is 4.79 Å². The number of aryl methyl sites for hydroxylation is 1. The summed E-state index contributed by atoms with van der Waals surface area (Å²) in [5.41, 5.74) is 1.22. The van der Waals surface area contributed by atoms with Crippen LogP contribution in [0.2, 0.25) is 0 Å². The first kappa shape index (κ1) is 17.1. The lowest BCUT2D eigenvalue weighted by atomic mass is 10.0. The molecule has 132 valence electrons. The average Bonchev–Trinajstić information content (AvgIpc) is 3.00. The van der Waals surface area contributed by atoms with E-state index < -0.39 is 5.79 Å². The number of rotatable bonds is 4. The van der Waals surface area contributed by atoms with Gasteiger partial charge in [0.2, 0.25) is 5.95 Å². The number of piperidine rings is 1. The van der Waals surface area contributed by atoms with Crippen LogP contribution in [0.3, 0.4) is 0 Å². The molecule has 2 aliphatic heterocycles. The molecule has 0 atom stereocenters. The van der Waals surface area contributed by atoms with Crippen molar-refractivity contribution in [2.75, 3.05) is 37.7 Å². The molecule has 2 fully saturated rings. The third-order valence-electron chi connectivity index (χ3n) is 4.37.